The molecule has 0 radical (unpaired) electrons. The molecule has 1 aromatic heterocycles. The van der Waals surface area contributed by atoms with Gasteiger partial charge in [0.25, 0.3) is 5.91 Å². The number of aliphatic hydroxyl groups excluding tert-OH is 1. The van der Waals surface area contributed by atoms with Crippen molar-refractivity contribution in [2.45, 2.75) is 90.6 Å². The summed E-state index contributed by atoms with van der Waals surface area (Å²) in [5.41, 5.74) is 6.85. The van der Waals surface area contributed by atoms with Crippen LogP contribution in [0.2, 0.25) is 0 Å². The SMILES string of the molecule is COC1/C=C\C=C(/C)C(=O)NC2=CC(=O)C(NCCCCCCOc3ccc4c(=O)cc(N5CCOCC5)oc4c3)=C(C[C@@H](C)C[C@H](OC)[C@H](O)[C@@H](C)/C=C(\C)[C@@H]1OC(N)=O)C2=O. The summed E-state index contributed by atoms with van der Waals surface area (Å²) in [6, 6.07) is 6.74. The van der Waals surface area contributed by atoms with Gasteiger partial charge in [0.15, 0.2) is 17.4 Å². The average Bonchev–Trinajstić information content (AvgIpc) is 3.26. The van der Waals surface area contributed by atoms with E-state index in [4.69, 9.17) is 33.8 Å². The van der Waals surface area contributed by atoms with E-state index >= 15 is 0 Å². The van der Waals surface area contributed by atoms with Crippen molar-refractivity contribution in [1.29, 1.82) is 0 Å². The molecule has 1 saturated heterocycles. The third kappa shape index (κ3) is 13.2. The number of carbonyl (C=O) groups is 4. The normalized spacial score (nSPS) is 26.6. The monoisotopic (exact) mass is 874 g/mol. The van der Waals surface area contributed by atoms with Crippen LogP contribution in [0.5, 0.6) is 5.75 Å². The van der Waals surface area contributed by atoms with Gasteiger partial charge in [-0.05, 0) is 63.2 Å². The van der Waals surface area contributed by atoms with E-state index in [9.17, 15) is 29.1 Å². The largest absolute Gasteiger partial charge is 0.493 e. The molecule has 5 N–H and O–H groups in total. The molecule has 3 heterocycles. The van der Waals surface area contributed by atoms with Crippen LogP contribution in [0, 0.1) is 11.8 Å². The Kier molecular flexibility index (Phi) is 17.9. The third-order valence-electron chi connectivity index (χ3n) is 11.4. The number of allylic oxidation sites excluding steroid dienone is 4. The van der Waals surface area contributed by atoms with Gasteiger partial charge in [0.1, 0.15) is 17.4 Å². The summed E-state index contributed by atoms with van der Waals surface area (Å²) < 4.78 is 34.3. The highest BCUT2D eigenvalue weighted by Crippen LogP contribution is 2.29. The predicted octanol–water partition coefficient (Wildman–Crippen LogP) is 4.93. The Morgan fingerprint density at radius 1 is 1.02 bits per heavy atom. The maximum absolute atomic E-state index is 14.1. The van der Waals surface area contributed by atoms with Gasteiger partial charge in [-0.1, -0.05) is 51.0 Å². The molecule has 2 bridgehead atoms. The molecule has 16 nitrogen and oxygen atoms in total. The second-order valence-electron chi connectivity index (χ2n) is 16.3. The number of ether oxygens (including phenoxy) is 5. The number of morpholine rings is 1. The number of carbonyl (C=O) groups excluding carboxylic acids is 4. The zero-order valence-electron chi connectivity index (χ0n) is 37.1. The molecular weight excluding hydrogens is 813 g/mol. The van der Waals surface area contributed by atoms with Crippen LogP contribution in [-0.2, 0) is 33.3 Å². The molecular formula is C47H62N4O12. The van der Waals surface area contributed by atoms with Crippen LogP contribution in [0.25, 0.3) is 11.0 Å². The third-order valence-corrected chi connectivity index (χ3v) is 11.4. The Hall–Kier alpha value is -5.55. The van der Waals surface area contributed by atoms with Gasteiger partial charge < -0.3 is 54.5 Å². The van der Waals surface area contributed by atoms with E-state index in [2.05, 4.69) is 10.6 Å². The summed E-state index contributed by atoms with van der Waals surface area (Å²) >= 11 is 0. The molecule has 2 aliphatic heterocycles. The minimum Gasteiger partial charge on any atom is -0.493 e. The second kappa shape index (κ2) is 23.2. The number of anilines is 1. The van der Waals surface area contributed by atoms with Gasteiger partial charge in [0.05, 0.1) is 48.8 Å². The molecule has 1 aromatic carbocycles. The van der Waals surface area contributed by atoms with Crippen LogP contribution in [0.3, 0.4) is 0 Å². The van der Waals surface area contributed by atoms with Crippen molar-refractivity contribution in [3.05, 3.63) is 93.0 Å². The van der Waals surface area contributed by atoms with Crippen LogP contribution in [0.1, 0.15) is 66.2 Å². The van der Waals surface area contributed by atoms with Gasteiger partial charge in [-0.3, -0.25) is 19.2 Å². The number of unbranched alkanes of at least 4 members (excludes halogenated alkanes) is 3. The van der Waals surface area contributed by atoms with Gasteiger partial charge in [-0.25, -0.2) is 4.79 Å². The molecule has 342 valence electrons. The Balaban J connectivity index is 1.24. The molecule has 3 aliphatic rings. The number of nitrogens with one attached hydrogen (secondary N) is 2. The molecule has 63 heavy (non-hydrogen) atoms. The summed E-state index contributed by atoms with van der Waals surface area (Å²) in [4.78, 5) is 67.7. The van der Waals surface area contributed by atoms with Gasteiger partial charge in [-0.2, -0.15) is 0 Å². The standard InChI is InChI=1S/C47H62N4O12/c1-28-22-34-42(49-16-9-7-8-10-19-61-32-14-15-33-36(52)27-41(62-39(33)25-32)51-17-20-60-21-18-51)37(53)26-35(44(34)55)50-46(56)29(2)12-11-13-38(58-5)45(63-47(48)57)31(4)24-30(3)43(54)40(23-28)59-6/h11-15,24-28,30,38,40,43,45,49,54H,7-10,16-23H2,1-6H3,(H2,48,57)(H,50,56)/b13-11-,29-12+,31-24+/t28-,30+,38?,40+,43-,45+/m1/s1. The first kappa shape index (κ1) is 48.5. The molecule has 16 heteroatoms. The molecule has 0 spiro atoms. The van der Waals surface area contributed by atoms with Crippen molar-refractivity contribution in [2.24, 2.45) is 17.6 Å². The van der Waals surface area contributed by atoms with Crippen LogP contribution < -0.4 is 31.4 Å². The molecule has 2 aromatic rings. The molecule has 2 amide bonds. The number of primary amides is 1. The molecule has 6 atom stereocenters. The number of aliphatic hydroxyl groups is 1. The van der Waals surface area contributed by atoms with Gasteiger partial charge in [0.2, 0.25) is 11.6 Å². The number of rotatable bonds is 13. The highest BCUT2D eigenvalue weighted by Gasteiger charge is 2.33. The number of nitrogens with zero attached hydrogens (tertiary/aromatic N) is 1. The molecule has 5 rings (SSSR count). The summed E-state index contributed by atoms with van der Waals surface area (Å²) in [7, 11) is 2.93. The van der Waals surface area contributed by atoms with Crippen LogP contribution in [0.15, 0.2) is 92.0 Å². The lowest BCUT2D eigenvalue weighted by Gasteiger charge is -2.30. The van der Waals surface area contributed by atoms with Crippen molar-refractivity contribution in [3.63, 3.8) is 0 Å². The van der Waals surface area contributed by atoms with E-state index < -0.39 is 53.9 Å². The summed E-state index contributed by atoms with van der Waals surface area (Å²) in [6.07, 6.45) is 6.80. The Labute approximate surface area is 368 Å². The van der Waals surface area contributed by atoms with Crippen LogP contribution in [0.4, 0.5) is 10.7 Å². The fourth-order valence-electron chi connectivity index (χ4n) is 7.91. The molecule has 1 unspecified atom stereocenters. The van der Waals surface area contributed by atoms with E-state index in [0.29, 0.717) is 80.5 Å². The first-order valence-electron chi connectivity index (χ1n) is 21.6. The topological polar surface area (TPSA) is 218 Å². The van der Waals surface area contributed by atoms with E-state index in [-0.39, 0.29) is 40.3 Å². The first-order chi connectivity index (χ1) is 30.2. The van der Waals surface area contributed by atoms with E-state index in [1.165, 1.54) is 26.4 Å². The number of ketones is 2. The smallest absolute Gasteiger partial charge is 0.405 e. The number of nitrogens with two attached hydrogens (primary N) is 1. The number of Topliss-reactive ketones (excluding diaryl/α,β-unsaturated/α-hetero) is 1. The Morgan fingerprint density at radius 2 is 1.76 bits per heavy atom. The summed E-state index contributed by atoms with van der Waals surface area (Å²) in [5, 5.41) is 17.8. The van der Waals surface area contributed by atoms with Crippen LogP contribution >= 0.6 is 0 Å². The molecule has 1 fully saturated rings. The minimum atomic E-state index is -1.01. The number of benzene rings is 1. The summed E-state index contributed by atoms with van der Waals surface area (Å²) in [5.74, 6) is -1.09. The van der Waals surface area contributed by atoms with Crippen molar-refractivity contribution in [3.8, 4) is 5.75 Å². The second-order valence-corrected chi connectivity index (χ2v) is 16.3. The predicted molar refractivity (Wildman–Crippen MR) is 237 cm³/mol. The van der Waals surface area contributed by atoms with Crippen molar-refractivity contribution in [2.75, 3.05) is 58.6 Å². The van der Waals surface area contributed by atoms with E-state index in [0.717, 1.165) is 25.3 Å². The zero-order valence-corrected chi connectivity index (χ0v) is 37.1. The summed E-state index contributed by atoms with van der Waals surface area (Å²) in [6.45, 7) is 10.3. The van der Waals surface area contributed by atoms with Gasteiger partial charge in [-0.15, -0.1) is 0 Å². The van der Waals surface area contributed by atoms with Gasteiger partial charge >= 0.3 is 6.09 Å². The lowest BCUT2D eigenvalue weighted by Crippen LogP contribution is -2.38. The van der Waals surface area contributed by atoms with Crippen LogP contribution in [-0.4, -0.2) is 107 Å². The zero-order chi connectivity index (χ0) is 45.6. The van der Waals surface area contributed by atoms with E-state index in [1.807, 2.05) is 18.7 Å². The quantitative estimate of drug-likeness (QED) is 0.119. The number of methoxy groups -OCH3 is 2. The first-order valence-corrected chi connectivity index (χ1v) is 21.6. The van der Waals surface area contributed by atoms with Gasteiger partial charge in [0, 0.05) is 69.1 Å². The fraction of sp³-hybridized carbons (Fsp3) is 0.511. The average molecular weight is 875 g/mol. The van der Waals surface area contributed by atoms with E-state index in [1.54, 1.807) is 50.3 Å². The Bertz CT molecular complexity index is 2180. The fourth-order valence-corrected chi connectivity index (χ4v) is 7.91. The number of hydrogen-bond acceptors (Lipinski definition) is 14. The maximum Gasteiger partial charge on any atom is 0.405 e. The van der Waals surface area contributed by atoms with Crippen molar-refractivity contribution in [1.82, 2.24) is 10.6 Å². The lowest BCUT2D eigenvalue weighted by molar-refractivity contribution is -0.120. The number of amides is 2. The number of fused-ring (bicyclic) bond motifs is 3. The lowest BCUT2D eigenvalue weighted by atomic mass is 9.85. The van der Waals surface area contributed by atoms with Crippen molar-refractivity contribution >= 4 is 40.4 Å². The highest BCUT2D eigenvalue weighted by atomic mass is 16.6. The van der Waals surface area contributed by atoms with Crippen molar-refractivity contribution < 1.29 is 52.4 Å². The molecule has 1 aliphatic carbocycles. The highest BCUT2D eigenvalue weighted by molar-refractivity contribution is 6.23. The minimum absolute atomic E-state index is 0.111. The Morgan fingerprint density at radius 3 is 2.48 bits per heavy atom. The maximum atomic E-state index is 14.1. The number of hydrogen-bond donors (Lipinski definition) is 4. The molecule has 0 saturated carbocycles.